The summed E-state index contributed by atoms with van der Waals surface area (Å²) in [4.78, 5) is 24.2. The van der Waals surface area contributed by atoms with Crippen molar-refractivity contribution in [2.24, 2.45) is 0 Å². The lowest BCUT2D eigenvalue weighted by atomic mass is 10.3. The molecule has 5 nitrogen and oxygen atoms in total. The van der Waals surface area contributed by atoms with Crippen LogP contribution in [0.5, 0.6) is 0 Å². The van der Waals surface area contributed by atoms with Crippen molar-refractivity contribution in [3.63, 3.8) is 0 Å². The summed E-state index contributed by atoms with van der Waals surface area (Å²) in [6.07, 6.45) is -4.36. The second-order valence-corrected chi connectivity index (χ2v) is 3.86. The van der Waals surface area contributed by atoms with E-state index in [2.05, 4.69) is 5.32 Å². The summed E-state index contributed by atoms with van der Waals surface area (Å²) in [7, 11) is 1.58. The molecule has 0 aliphatic rings. The van der Waals surface area contributed by atoms with Gasteiger partial charge in [0.1, 0.15) is 6.04 Å². The number of hydrogen-bond donors (Lipinski definition) is 2. The highest BCUT2D eigenvalue weighted by atomic mass is 19.4. The molecule has 106 valence electrons. The number of nitrogens with zero attached hydrogens (tertiary/aromatic N) is 1. The molecular formula is C10H18F3N3O2. The minimum Gasteiger partial charge on any atom is -0.344 e. The molecule has 2 amide bonds. The van der Waals surface area contributed by atoms with Gasteiger partial charge < -0.3 is 15.5 Å². The van der Waals surface area contributed by atoms with Crippen LogP contribution in [0.15, 0.2) is 0 Å². The Hall–Kier alpha value is -1.31. The minimum absolute atomic E-state index is 0.290. The van der Waals surface area contributed by atoms with Crippen molar-refractivity contribution >= 4 is 11.8 Å². The maximum absolute atomic E-state index is 11.8. The molecule has 0 aromatic carbocycles. The second kappa shape index (κ2) is 7.20. The summed E-state index contributed by atoms with van der Waals surface area (Å²) in [6, 6.07) is -0.755. The fourth-order valence-electron chi connectivity index (χ4n) is 1.16. The summed E-state index contributed by atoms with van der Waals surface area (Å²) in [5.74, 6) is -0.939. The summed E-state index contributed by atoms with van der Waals surface area (Å²) in [5, 5.41) is 4.27. The first-order valence-corrected chi connectivity index (χ1v) is 5.49. The molecule has 0 radical (unpaired) electrons. The summed E-state index contributed by atoms with van der Waals surface area (Å²) in [5.41, 5.74) is 0. The van der Waals surface area contributed by atoms with E-state index in [0.29, 0.717) is 6.54 Å². The van der Waals surface area contributed by atoms with Gasteiger partial charge in [-0.15, -0.1) is 0 Å². The van der Waals surface area contributed by atoms with Crippen LogP contribution in [0.25, 0.3) is 0 Å². The van der Waals surface area contributed by atoms with Crippen LogP contribution in [0.4, 0.5) is 13.2 Å². The van der Waals surface area contributed by atoms with Gasteiger partial charge in [-0.1, -0.05) is 0 Å². The molecule has 0 aromatic heterocycles. The molecule has 18 heavy (non-hydrogen) atoms. The maximum Gasteiger partial charge on any atom is 0.401 e. The van der Waals surface area contributed by atoms with Gasteiger partial charge in [-0.05, 0) is 13.8 Å². The second-order valence-electron chi connectivity index (χ2n) is 3.86. The van der Waals surface area contributed by atoms with E-state index in [-0.39, 0.29) is 5.91 Å². The highest BCUT2D eigenvalue weighted by molar-refractivity contribution is 5.87. The lowest BCUT2D eigenvalue weighted by Crippen LogP contribution is -2.48. The molecule has 0 rings (SSSR count). The van der Waals surface area contributed by atoms with Crippen molar-refractivity contribution in [2.75, 3.05) is 26.7 Å². The third-order valence-electron chi connectivity index (χ3n) is 2.21. The highest BCUT2D eigenvalue weighted by Crippen LogP contribution is 2.11. The Morgan fingerprint density at radius 3 is 2.33 bits per heavy atom. The Morgan fingerprint density at radius 2 is 1.89 bits per heavy atom. The first-order valence-electron chi connectivity index (χ1n) is 5.49. The lowest BCUT2D eigenvalue weighted by Gasteiger charge is -2.20. The molecule has 0 saturated heterocycles. The van der Waals surface area contributed by atoms with Gasteiger partial charge in [0.25, 0.3) is 0 Å². The zero-order valence-corrected chi connectivity index (χ0v) is 10.6. The zero-order valence-electron chi connectivity index (χ0n) is 10.6. The van der Waals surface area contributed by atoms with E-state index in [1.165, 1.54) is 11.8 Å². The number of alkyl halides is 3. The Morgan fingerprint density at radius 1 is 1.33 bits per heavy atom. The van der Waals surface area contributed by atoms with Crippen LogP contribution in [-0.2, 0) is 9.59 Å². The van der Waals surface area contributed by atoms with E-state index in [1.54, 1.807) is 14.0 Å². The fourth-order valence-corrected chi connectivity index (χ4v) is 1.16. The Labute approximate surface area is 104 Å². The maximum atomic E-state index is 11.8. The van der Waals surface area contributed by atoms with E-state index in [1.807, 2.05) is 5.32 Å². The fraction of sp³-hybridized carbons (Fsp3) is 0.800. The molecule has 0 heterocycles. The molecule has 1 atom stereocenters. The number of halogens is 3. The van der Waals surface area contributed by atoms with E-state index in [4.69, 9.17) is 0 Å². The average molecular weight is 269 g/mol. The van der Waals surface area contributed by atoms with Crippen LogP contribution in [0.2, 0.25) is 0 Å². The summed E-state index contributed by atoms with van der Waals surface area (Å²) in [6.45, 7) is 2.03. The van der Waals surface area contributed by atoms with Crippen LogP contribution in [0.1, 0.15) is 13.8 Å². The van der Waals surface area contributed by atoms with Gasteiger partial charge in [0, 0.05) is 13.6 Å². The van der Waals surface area contributed by atoms with Crippen molar-refractivity contribution in [1.82, 2.24) is 15.5 Å². The van der Waals surface area contributed by atoms with E-state index in [9.17, 15) is 22.8 Å². The number of carbonyl (C=O) groups is 2. The molecule has 0 aromatic rings. The molecule has 0 bridgehead atoms. The number of hydrogen-bond acceptors (Lipinski definition) is 3. The number of rotatable bonds is 6. The van der Waals surface area contributed by atoms with Gasteiger partial charge in [0.15, 0.2) is 0 Å². The standard InChI is InChI=1S/C10H18F3N3O2/c1-4-16(3)9(18)7(2)15-8(17)5-14-6-10(11,12)13/h7,14H,4-6H2,1-3H3,(H,15,17). The van der Waals surface area contributed by atoms with E-state index < -0.39 is 31.2 Å². The molecule has 2 N–H and O–H groups in total. The van der Waals surface area contributed by atoms with Gasteiger partial charge in [0.05, 0.1) is 13.1 Å². The van der Waals surface area contributed by atoms with Gasteiger partial charge in [0.2, 0.25) is 11.8 Å². The number of carbonyl (C=O) groups excluding carboxylic acids is 2. The Bertz CT molecular complexity index is 295. The molecule has 0 saturated carbocycles. The van der Waals surface area contributed by atoms with Gasteiger partial charge in [-0.25, -0.2) is 0 Å². The number of amides is 2. The van der Waals surface area contributed by atoms with Gasteiger partial charge >= 0.3 is 6.18 Å². The molecular weight excluding hydrogens is 251 g/mol. The minimum atomic E-state index is -4.36. The predicted octanol–water partition coefficient (Wildman–Crippen LogP) is 0.121. The van der Waals surface area contributed by atoms with Crippen LogP contribution >= 0.6 is 0 Å². The predicted molar refractivity (Wildman–Crippen MR) is 59.8 cm³/mol. The summed E-state index contributed by atoms with van der Waals surface area (Å²) < 4.78 is 35.4. The smallest absolute Gasteiger partial charge is 0.344 e. The van der Waals surface area contributed by atoms with Crippen LogP contribution in [0, 0.1) is 0 Å². The molecule has 0 aliphatic heterocycles. The van der Waals surface area contributed by atoms with Crippen molar-refractivity contribution < 1.29 is 22.8 Å². The SMILES string of the molecule is CCN(C)C(=O)C(C)NC(=O)CNCC(F)(F)F. The largest absolute Gasteiger partial charge is 0.401 e. The lowest BCUT2D eigenvalue weighted by molar-refractivity contribution is -0.135. The average Bonchev–Trinajstić information content (AvgIpc) is 2.24. The monoisotopic (exact) mass is 269 g/mol. The van der Waals surface area contributed by atoms with Crippen molar-refractivity contribution in [1.29, 1.82) is 0 Å². The number of likely N-dealkylation sites (N-methyl/N-ethyl adjacent to an activating group) is 1. The molecule has 1 unspecified atom stereocenters. The van der Waals surface area contributed by atoms with Gasteiger partial charge in [-0.2, -0.15) is 13.2 Å². The summed E-state index contributed by atoms with van der Waals surface area (Å²) >= 11 is 0. The molecule has 0 aliphatic carbocycles. The van der Waals surface area contributed by atoms with E-state index in [0.717, 1.165) is 0 Å². The normalized spacial score (nSPS) is 13.0. The van der Waals surface area contributed by atoms with Crippen molar-refractivity contribution in [2.45, 2.75) is 26.1 Å². The van der Waals surface area contributed by atoms with Crippen LogP contribution < -0.4 is 10.6 Å². The van der Waals surface area contributed by atoms with Crippen molar-refractivity contribution in [3.8, 4) is 0 Å². The molecule has 0 fully saturated rings. The third-order valence-corrected chi connectivity index (χ3v) is 2.21. The Balaban J connectivity index is 3.98. The number of nitrogens with one attached hydrogen (secondary N) is 2. The third kappa shape index (κ3) is 7.10. The topological polar surface area (TPSA) is 61.4 Å². The van der Waals surface area contributed by atoms with Crippen LogP contribution in [0.3, 0.4) is 0 Å². The highest BCUT2D eigenvalue weighted by Gasteiger charge is 2.26. The van der Waals surface area contributed by atoms with Crippen molar-refractivity contribution in [3.05, 3.63) is 0 Å². The zero-order chi connectivity index (χ0) is 14.3. The molecule has 0 spiro atoms. The molecule has 8 heteroatoms. The van der Waals surface area contributed by atoms with Gasteiger partial charge in [-0.3, -0.25) is 9.59 Å². The van der Waals surface area contributed by atoms with Crippen LogP contribution in [-0.4, -0.2) is 55.6 Å². The van der Waals surface area contributed by atoms with E-state index >= 15 is 0 Å². The quantitative estimate of drug-likeness (QED) is 0.720. The Kier molecular flexibility index (Phi) is 6.67. The first-order chi connectivity index (χ1) is 8.17. The first kappa shape index (κ1) is 16.7.